The molecule has 23 heavy (non-hydrogen) atoms. The van der Waals surface area contributed by atoms with E-state index in [1.165, 1.54) is 11.3 Å². The number of hydrogen-bond donors (Lipinski definition) is 1. The molecule has 124 valence electrons. The number of thiazole rings is 1. The summed E-state index contributed by atoms with van der Waals surface area (Å²) in [6, 6.07) is 0. The number of aromatic nitrogens is 3. The molecule has 0 unspecified atom stereocenters. The maximum Gasteiger partial charge on any atom is 0.276 e. The Kier molecular flexibility index (Phi) is 4.24. The van der Waals surface area contributed by atoms with E-state index < -0.39 is 15.9 Å². The summed E-state index contributed by atoms with van der Waals surface area (Å²) in [5.41, 5.74) is 1.32. The zero-order chi connectivity index (χ0) is 16.6. The Hall–Kier alpha value is -1.74. The fourth-order valence-corrected chi connectivity index (χ4v) is 4.88. The molecule has 0 saturated heterocycles. The topological polar surface area (TPSA) is 93.9 Å². The number of aryl methyl sites for hydroxylation is 2. The van der Waals surface area contributed by atoms with Gasteiger partial charge in [-0.2, -0.15) is 5.10 Å². The fourth-order valence-electron chi connectivity index (χ4n) is 2.46. The third kappa shape index (κ3) is 3.61. The molecule has 2 aromatic heterocycles. The number of nitrogens with one attached hydrogen (secondary N) is 1. The first-order chi connectivity index (χ1) is 10.8. The summed E-state index contributed by atoms with van der Waals surface area (Å²) in [7, 11) is -1.80. The quantitative estimate of drug-likeness (QED) is 0.882. The molecule has 1 amide bonds. The van der Waals surface area contributed by atoms with Crippen molar-refractivity contribution >= 4 is 27.3 Å². The van der Waals surface area contributed by atoms with E-state index in [-0.39, 0.29) is 11.7 Å². The highest BCUT2D eigenvalue weighted by Gasteiger charge is 2.27. The number of hydrogen-bond acceptors (Lipinski definition) is 6. The molecular formula is C14H18N4O3S2. The van der Waals surface area contributed by atoms with E-state index in [0.717, 1.165) is 24.8 Å². The molecule has 0 aromatic carbocycles. The van der Waals surface area contributed by atoms with Crippen LogP contribution in [0.5, 0.6) is 0 Å². The Morgan fingerprint density at radius 3 is 2.78 bits per heavy atom. The summed E-state index contributed by atoms with van der Waals surface area (Å²) in [4.78, 5) is 16.9. The number of nitrogens with zero attached hydrogens (tertiary/aromatic N) is 3. The van der Waals surface area contributed by atoms with Crippen LogP contribution in [0, 0.1) is 12.8 Å². The van der Waals surface area contributed by atoms with Gasteiger partial charge >= 0.3 is 0 Å². The molecule has 7 nitrogen and oxygen atoms in total. The van der Waals surface area contributed by atoms with Gasteiger partial charge < -0.3 is 0 Å². The first-order valence-corrected chi connectivity index (χ1v) is 9.82. The van der Waals surface area contributed by atoms with Gasteiger partial charge in [0.05, 0.1) is 17.6 Å². The first-order valence-electron chi connectivity index (χ1n) is 7.35. The van der Waals surface area contributed by atoms with E-state index in [4.69, 9.17) is 0 Å². The maximum atomic E-state index is 12.3. The second-order valence-electron chi connectivity index (χ2n) is 5.85. The summed E-state index contributed by atoms with van der Waals surface area (Å²) in [5.74, 6) is -0.408. The van der Waals surface area contributed by atoms with E-state index >= 15 is 0 Å². The number of sulfonamides is 1. The molecule has 2 heterocycles. The van der Waals surface area contributed by atoms with Crippen LogP contribution >= 0.6 is 11.3 Å². The van der Waals surface area contributed by atoms with Crippen molar-refractivity contribution in [1.29, 1.82) is 0 Å². The van der Waals surface area contributed by atoms with Crippen molar-refractivity contribution in [2.75, 3.05) is 5.75 Å². The summed E-state index contributed by atoms with van der Waals surface area (Å²) in [6.45, 7) is 1.70. The van der Waals surface area contributed by atoms with Crippen molar-refractivity contribution in [3.63, 3.8) is 0 Å². The highest BCUT2D eigenvalue weighted by atomic mass is 32.2. The van der Waals surface area contributed by atoms with Gasteiger partial charge in [0.25, 0.3) is 5.91 Å². The van der Waals surface area contributed by atoms with Crippen molar-refractivity contribution in [1.82, 2.24) is 19.5 Å². The van der Waals surface area contributed by atoms with Crippen LogP contribution in [0.2, 0.25) is 0 Å². The van der Waals surface area contributed by atoms with Gasteiger partial charge in [0.15, 0.2) is 0 Å². The van der Waals surface area contributed by atoms with Crippen LogP contribution in [0.3, 0.4) is 0 Å². The number of carbonyl (C=O) groups excluding carboxylic acids is 1. The molecular weight excluding hydrogens is 336 g/mol. The van der Waals surface area contributed by atoms with Gasteiger partial charge in [-0.05, 0) is 25.7 Å². The summed E-state index contributed by atoms with van der Waals surface area (Å²) in [6.07, 6.45) is 6.36. The van der Waals surface area contributed by atoms with Crippen LogP contribution in [0.4, 0.5) is 0 Å². The lowest BCUT2D eigenvalue weighted by atomic mass is 9.87. The molecule has 1 saturated carbocycles. The largest absolute Gasteiger partial charge is 0.276 e. The predicted molar refractivity (Wildman–Crippen MR) is 87.6 cm³/mol. The Morgan fingerprint density at radius 1 is 1.48 bits per heavy atom. The molecule has 9 heteroatoms. The van der Waals surface area contributed by atoms with Gasteiger partial charge in [-0.25, -0.2) is 18.1 Å². The molecule has 1 aliphatic rings. The maximum absolute atomic E-state index is 12.3. The smallest absolute Gasteiger partial charge is 0.275 e. The normalized spacial score (nSPS) is 15.4. The lowest BCUT2D eigenvalue weighted by Gasteiger charge is -2.24. The van der Waals surface area contributed by atoms with Crippen LogP contribution < -0.4 is 4.72 Å². The molecule has 0 bridgehead atoms. The highest BCUT2D eigenvalue weighted by Crippen LogP contribution is 2.29. The van der Waals surface area contributed by atoms with Crippen molar-refractivity contribution in [2.45, 2.75) is 26.2 Å². The zero-order valence-electron chi connectivity index (χ0n) is 12.9. The number of carbonyl (C=O) groups is 1. The van der Waals surface area contributed by atoms with Crippen LogP contribution in [0.1, 0.15) is 34.6 Å². The molecule has 3 rings (SSSR count). The third-order valence-corrected chi connectivity index (χ3v) is 6.49. The summed E-state index contributed by atoms with van der Waals surface area (Å²) >= 11 is 1.17. The van der Waals surface area contributed by atoms with Gasteiger partial charge in [-0.15, -0.1) is 11.3 Å². The van der Waals surface area contributed by atoms with Crippen LogP contribution in [-0.4, -0.2) is 34.8 Å². The van der Waals surface area contributed by atoms with Crippen molar-refractivity contribution in [3.05, 3.63) is 23.0 Å². The van der Waals surface area contributed by atoms with Crippen molar-refractivity contribution < 1.29 is 13.2 Å². The minimum absolute atomic E-state index is 0.0199. The third-order valence-electron chi connectivity index (χ3n) is 3.88. The molecule has 1 N–H and O–H groups in total. The van der Waals surface area contributed by atoms with E-state index in [1.54, 1.807) is 31.0 Å². The van der Waals surface area contributed by atoms with Gasteiger partial charge in [0.2, 0.25) is 10.0 Å². The van der Waals surface area contributed by atoms with Gasteiger partial charge in [-0.3, -0.25) is 9.48 Å². The second kappa shape index (κ2) is 6.04. The minimum atomic E-state index is -3.59. The average Bonchev–Trinajstić information content (AvgIpc) is 3.00. The van der Waals surface area contributed by atoms with E-state index in [1.807, 2.05) is 0 Å². The molecule has 1 aliphatic carbocycles. The predicted octanol–water partition coefficient (Wildman–Crippen LogP) is 1.71. The Bertz CT molecular complexity index is 834. The average molecular weight is 354 g/mol. The molecule has 0 radical (unpaired) electrons. The van der Waals surface area contributed by atoms with E-state index in [2.05, 4.69) is 14.8 Å². The van der Waals surface area contributed by atoms with Crippen LogP contribution in [0.15, 0.2) is 12.4 Å². The lowest BCUT2D eigenvalue weighted by Crippen LogP contribution is -2.36. The van der Waals surface area contributed by atoms with Crippen LogP contribution in [-0.2, 0) is 17.1 Å². The van der Waals surface area contributed by atoms with E-state index in [9.17, 15) is 13.2 Å². The molecule has 1 fully saturated rings. The SMILES string of the molecule is Cc1nc(-c2cnn(C)c2)sc1C(=O)NS(=O)(=O)CC1CCC1. The number of rotatable bonds is 5. The minimum Gasteiger partial charge on any atom is -0.275 e. The molecule has 2 aromatic rings. The standard InChI is InChI=1S/C14H18N4O3S2/c1-9-12(22-14(16-9)11-6-15-18(2)7-11)13(19)17-23(20,21)8-10-4-3-5-10/h6-7,10H,3-5,8H2,1-2H3,(H,17,19). The fraction of sp³-hybridized carbons (Fsp3) is 0.500. The van der Waals surface area contributed by atoms with Crippen molar-refractivity contribution in [3.8, 4) is 10.6 Å². The van der Waals surface area contributed by atoms with Gasteiger partial charge in [0.1, 0.15) is 9.88 Å². The summed E-state index contributed by atoms with van der Waals surface area (Å²) < 4.78 is 27.9. The van der Waals surface area contributed by atoms with Gasteiger partial charge in [-0.1, -0.05) is 6.42 Å². The Morgan fingerprint density at radius 2 is 2.22 bits per heavy atom. The number of amides is 1. The van der Waals surface area contributed by atoms with E-state index in [0.29, 0.717) is 15.6 Å². The Labute approximate surface area is 138 Å². The van der Waals surface area contributed by atoms with Crippen LogP contribution in [0.25, 0.3) is 10.6 Å². The molecule has 0 aliphatic heterocycles. The lowest BCUT2D eigenvalue weighted by molar-refractivity contribution is 0.0984. The highest BCUT2D eigenvalue weighted by molar-refractivity contribution is 7.90. The van der Waals surface area contributed by atoms with Crippen molar-refractivity contribution in [2.24, 2.45) is 13.0 Å². The second-order valence-corrected chi connectivity index (χ2v) is 8.61. The first kappa shape index (κ1) is 16.1. The summed E-state index contributed by atoms with van der Waals surface area (Å²) in [5, 5.41) is 4.72. The Balaban J connectivity index is 1.75. The molecule has 0 atom stereocenters. The van der Waals surface area contributed by atoms with Gasteiger partial charge in [0, 0.05) is 18.8 Å². The molecule has 0 spiro atoms. The zero-order valence-corrected chi connectivity index (χ0v) is 14.6. The monoisotopic (exact) mass is 354 g/mol.